The zero-order valence-electron chi connectivity index (χ0n) is 13.6. The summed E-state index contributed by atoms with van der Waals surface area (Å²) in [5.41, 5.74) is 3.10. The van der Waals surface area contributed by atoms with E-state index in [1.165, 1.54) is 11.1 Å². The van der Waals surface area contributed by atoms with Crippen molar-refractivity contribution >= 4 is 23.4 Å². The number of nitrogens with one attached hydrogen (secondary N) is 1. The Morgan fingerprint density at radius 3 is 2.48 bits per heavy atom. The second kappa shape index (κ2) is 8.48. The number of carbonyl (C=O) groups excluding carboxylic acids is 1. The lowest BCUT2D eigenvalue weighted by atomic mass is 10.2. The minimum Gasteiger partial charge on any atom is -0.497 e. The van der Waals surface area contributed by atoms with Crippen LogP contribution in [0.2, 0.25) is 0 Å². The summed E-state index contributed by atoms with van der Waals surface area (Å²) in [5.74, 6) is 2.43. The molecule has 0 fully saturated rings. The largest absolute Gasteiger partial charge is 0.497 e. The van der Waals surface area contributed by atoms with Crippen LogP contribution in [0.4, 0.5) is 5.69 Å². The van der Waals surface area contributed by atoms with E-state index in [0.717, 1.165) is 5.75 Å². The van der Waals surface area contributed by atoms with Gasteiger partial charge in [0.2, 0.25) is 5.91 Å². The maximum atomic E-state index is 12.1. The van der Waals surface area contributed by atoms with Crippen molar-refractivity contribution in [2.45, 2.75) is 12.7 Å². The predicted molar refractivity (Wildman–Crippen MR) is 95.5 cm³/mol. The molecule has 0 saturated carbocycles. The van der Waals surface area contributed by atoms with Gasteiger partial charge in [0.1, 0.15) is 11.5 Å². The quantitative estimate of drug-likeness (QED) is 0.836. The summed E-state index contributed by atoms with van der Waals surface area (Å²) in [6, 6.07) is 13.7. The predicted octanol–water partition coefficient (Wildman–Crippen LogP) is 3.88. The second-order valence-corrected chi connectivity index (χ2v) is 6.08. The van der Waals surface area contributed by atoms with Crippen molar-refractivity contribution in [1.29, 1.82) is 0 Å². The van der Waals surface area contributed by atoms with Crippen LogP contribution >= 0.6 is 11.8 Å². The van der Waals surface area contributed by atoms with Gasteiger partial charge in [0, 0.05) is 11.8 Å². The van der Waals surface area contributed by atoms with Crippen molar-refractivity contribution in [1.82, 2.24) is 0 Å². The number of benzene rings is 2. The average molecular weight is 331 g/mol. The van der Waals surface area contributed by atoms with Gasteiger partial charge in [-0.2, -0.15) is 0 Å². The van der Waals surface area contributed by atoms with Gasteiger partial charge in [-0.25, -0.2) is 0 Å². The summed E-state index contributed by atoms with van der Waals surface area (Å²) >= 11 is 1.58. The third-order valence-corrected chi connectivity index (χ3v) is 4.31. The SMILES string of the molecule is COc1ccc(NC(=O)CSCc2ccc(C)cc2)c(OC)c1. The molecule has 1 amide bonds. The number of carbonyl (C=O) groups is 1. The van der Waals surface area contributed by atoms with Crippen molar-refractivity contribution in [3.63, 3.8) is 0 Å². The molecule has 0 unspecified atom stereocenters. The molecule has 0 aliphatic rings. The van der Waals surface area contributed by atoms with E-state index in [9.17, 15) is 4.79 Å². The molecule has 23 heavy (non-hydrogen) atoms. The van der Waals surface area contributed by atoms with Gasteiger partial charge in [-0.15, -0.1) is 11.8 Å². The van der Waals surface area contributed by atoms with E-state index in [0.29, 0.717) is 22.9 Å². The molecule has 0 aliphatic heterocycles. The van der Waals surface area contributed by atoms with Crippen LogP contribution in [0.1, 0.15) is 11.1 Å². The summed E-state index contributed by atoms with van der Waals surface area (Å²) in [6.07, 6.45) is 0. The van der Waals surface area contributed by atoms with Crippen LogP contribution in [0.5, 0.6) is 11.5 Å². The summed E-state index contributed by atoms with van der Waals surface area (Å²) in [6.45, 7) is 2.06. The minimum absolute atomic E-state index is 0.0504. The highest BCUT2D eigenvalue weighted by molar-refractivity contribution is 7.99. The van der Waals surface area contributed by atoms with Crippen LogP contribution in [-0.2, 0) is 10.5 Å². The van der Waals surface area contributed by atoms with Gasteiger partial charge in [-0.05, 0) is 24.6 Å². The molecule has 0 heterocycles. The van der Waals surface area contributed by atoms with E-state index in [4.69, 9.17) is 9.47 Å². The first-order valence-electron chi connectivity index (χ1n) is 7.27. The van der Waals surface area contributed by atoms with Crippen LogP contribution in [0.15, 0.2) is 42.5 Å². The number of rotatable bonds is 7. The third-order valence-electron chi connectivity index (χ3n) is 3.31. The highest BCUT2D eigenvalue weighted by Crippen LogP contribution is 2.29. The zero-order valence-corrected chi connectivity index (χ0v) is 14.4. The van der Waals surface area contributed by atoms with E-state index >= 15 is 0 Å². The van der Waals surface area contributed by atoms with Gasteiger partial charge in [-0.3, -0.25) is 4.79 Å². The van der Waals surface area contributed by atoms with Gasteiger partial charge in [0.05, 0.1) is 25.7 Å². The molecule has 4 nitrogen and oxygen atoms in total. The Balaban J connectivity index is 1.86. The molecule has 2 rings (SSSR count). The van der Waals surface area contributed by atoms with Crippen molar-refractivity contribution in [3.8, 4) is 11.5 Å². The van der Waals surface area contributed by atoms with Crippen molar-refractivity contribution in [2.75, 3.05) is 25.3 Å². The molecule has 0 spiro atoms. The van der Waals surface area contributed by atoms with E-state index in [-0.39, 0.29) is 5.91 Å². The number of thioether (sulfide) groups is 1. The number of anilines is 1. The third kappa shape index (κ3) is 5.21. The van der Waals surface area contributed by atoms with E-state index in [1.807, 2.05) is 0 Å². The fraction of sp³-hybridized carbons (Fsp3) is 0.278. The topological polar surface area (TPSA) is 47.6 Å². The van der Waals surface area contributed by atoms with Crippen molar-refractivity contribution in [3.05, 3.63) is 53.6 Å². The first-order valence-corrected chi connectivity index (χ1v) is 8.43. The lowest BCUT2D eigenvalue weighted by molar-refractivity contribution is -0.113. The van der Waals surface area contributed by atoms with Gasteiger partial charge in [0.25, 0.3) is 0 Å². The Morgan fingerprint density at radius 1 is 1.09 bits per heavy atom. The van der Waals surface area contributed by atoms with Crippen molar-refractivity contribution in [2.24, 2.45) is 0 Å². The Hall–Kier alpha value is -2.14. The summed E-state index contributed by atoms with van der Waals surface area (Å²) < 4.78 is 10.4. The molecule has 0 bridgehead atoms. The first kappa shape index (κ1) is 17.2. The molecule has 5 heteroatoms. The summed E-state index contributed by atoms with van der Waals surface area (Å²) in [4.78, 5) is 12.1. The zero-order chi connectivity index (χ0) is 16.7. The average Bonchev–Trinajstić information content (AvgIpc) is 2.57. The number of amides is 1. The van der Waals surface area contributed by atoms with Crippen LogP contribution in [-0.4, -0.2) is 25.9 Å². The van der Waals surface area contributed by atoms with Gasteiger partial charge in [-0.1, -0.05) is 29.8 Å². The normalized spacial score (nSPS) is 10.2. The molecule has 2 aromatic carbocycles. The van der Waals surface area contributed by atoms with Gasteiger partial charge in [0.15, 0.2) is 0 Å². The monoisotopic (exact) mass is 331 g/mol. The van der Waals surface area contributed by atoms with Crippen LogP contribution < -0.4 is 14.8 Å². The van der Waals surface area contributed by atoms with E-state index < -0.39 is 0 Å². The second-order valence-electron chi connectivity index (χ2n) is 5.09. The van der Waals surface area contributed by atoms with Crippen LogP contribution in [0.25, 0.3) is 0 Å². The van der Waals surface area contributed by atoms with Crippen LogP contribution in [0.3, 0.4) is 0 Å². The fourth-order valence-corrected chi connectivity index (χ4v) is 2.82. The first-order chi connectivity index (χ1) is 11.1. The molecule has 2 aromatic rings. The number of hydrogen-bond acceptors (Lipinski definition) is 4. The van der Waals surface area contributed by atoms with E-state index in [2.05, 4.69) is 36.5 Å². The maximum Gasteiger partial charge on any atom is 0.234 e. The number of hydrogen-bond donors (Lipinski definition) is 1. The highest BCUT2D eigenvalue weighted by atomic mass is 32.2. The lowest BCUT2D eigenvalue weighted by Crippen LogP contribution is -2.14. The highest BCUT2D eigenvalue weighted by Gasteiger charge is 2.09. The molecule has 0 aliphatic carbocycles. The van der Waals surface area contributed by atoms with E-state index in [1.54, 1.807) is 44.2 Å². The van der Waals surface area contributed by atoms with Gasteiger partial charge < -0.3 is 14.8 Å². The van der Waals surface area contributed by atoms with Gasteiger partial charge >= 0.3 is 0 Å². The fourth-order valence-electron chi connectivity index (χ4n) is 2.03. The number of methoxy groups -OCH3 is 2. The summed E-state index contributed by atoms with van der Waals surface area (Å²) in [5, 5.41) is 2.87. The lowest BCUT2D eigenvalue weighted by Gasteiger charge is -2.11. The molecule has 1 N–H and O–H groups in total. The Labute approximate surface area is 141 Å². The van der Waals surface area contributed by atoms with Crippen LogP contribution in [0, 0.1) is 6.92 Å². The molecule has 0 atom stereocenters. The summed E-state index contributed by atoms with van der Waals surface area (Å²) in [7, 11) is 3.16. The molecular formula is C18H21NO3S. The smallest absolute Gasteiger partial charge is 0.234 e. The standard InChI is InChI=1S/C18H21NO3S/c1-13-4-6-14(7-5-13)11-23-12-18(20)19-16-9-8-15(21-2)10-17(16)22-3/h4-10H,11-12H2,1-3H3,(H,19,20). The molecule has 0 radical (unpaired) electrons. The Bertz CT molecular complexity index is 656. The number of ether oxygens (including phenoxy) is 2. The number of aryl methyl sites for hydroxylation is 1. The minimum atomic E-state index is -0.0504. The van der Waals surface area contributed by atoms with Crippen molar-refractivity contribution < 1.29 is 14.3 Å². The molecule has 0 aromatic heterocycles. The Kier molecular flexibility index (Phi) is 6.35. The molecular weight excluding hydrogens is 310 g/mol. The molecule has 122 valence electrons. The Morgan fingerprint density at radius 2 is 1.83 bits per heavy atom. The molecule has 0 saturated heterocycles. The maximum absolute atomic E-state index is 12.1.